The molecule has 0 saturated heterocycles. The standard InChI is InChI=1S/C31H35N5OSi/c1-31(2,3)38(26-17-11-7-12-18-26,27-19-13-8-14-20-27)37-28(21-32)29-30(34-23-35(4)5)36(24-33-29)22-25-15-9-6-10-16-25/h6-20,23-24,28H,22H2,1-5H3/b34-23+/t28-/m1/s1. The molecule has 38 heavy (non-hydrogen) atoms. The minimum atomic E-state index is -2.98. The van der Waals surface area contributed by atoms with Gasteiger partial charge in [-0.1, -0.05) is 112 Å². The van der Waals surface area contributed by atoms with Gasteiger partial charge in [-0.25, -0.2) is 9.98 Å². The van der Waals surface area contributed by atoms with Gasteiger partial charge < -0.3 is 13.9 Å². The molecular formula is C31H35N5OSi. The minimum Gasteiger partial charge on any atom is -0.387 e. The predicted molar refractivity (Wildman–Crippen MR) is 157 cm³/mol. The lowest BCUT2D eigenvalue weighted by Gasteiger charge is -2.43. The van der Waals surface area contributed by atoms with Crippen molar-refractivity contribution in [2.24, 2.45) is 4.99 Å². The molecule has 1 heterocycles. The van der Waals surface area contributed by atoms with Crippen LogP contribution in [0.3, 0.4) is 0 Å². The van der Waals surface area contributed by atoms with Crippen molar-refractivity contribution in [3.05, 3.63) is 109 Å². The minimum absolute atomic E-state index is 0.273. The number of aliphatic imine (C=N–C) groups is 1. The molecule has 0 radical (unpaired) electrons. The second kappa shape index (κ2) is 11.6. The second-order valence-electron chi connectivity index (χ2n) is 10.6. The molecular weight excluding hydrogens is 486 g/mol. The molecule has 0 bridgehead atoms. The van der Waals surface area contributed by atoms with Crippen molar-refractivity contribution in [1.82, 2.24) is 14.5 Å². The maximum atomic E-state index is 10.5. The van der Waals surface area contributed by atoms with Gasteiger partial charge >= 0.3 is 0 Å². The number of rotatable bonds is 9. The highest BCUT2D eigenvalue weighted by Gasteiger charge is 2.52. The average Bonchev–Trinajstić information content (AvgIpc) is 3.31. The van der Waals surface area contributed by atoms with Gasteiger partial charge in [0.05, 0.1) is 19.2 Å². The van der Waals surface area contributed by atoms with Gasteiger partial charge in [0.2, 0.25) is 0 Å². The third kappa shape index (κ3) is 5.62. The van der Waals surface area contributed by atoms with E-state index in [1.165, 1.54) is 0 Å². The first-order chi connectivity index (χ1) is 18.3. The summed E-state index contributed by atoms with van der Waals surface area (Å²) in [7, 11) is 0.854. The summed E-state index contributed by atoms with van der Waals surface area (Å²) in [6.45, 7) is 7.19. The van der Waals surface area contributed by atoms with E-state index in [4.69, 9.17) is 14.4 Å². The van der Waals surface area contributed by atoms with Crippen LogP contribution in [0.4, 0.5) is 5.82 Å². The Labute approximate surface area is 227 Å². The third-order valence-corrected chi connectivity index (χ3v) is 11.5. The first kappa shape index (κ1) is 27.1. The van der Waals surface area contributed by atoms with Crippen LogP contribution in [0.15, 0.2) is 102 Å². The molecule has 6 nitrogen and oxygen atoms in total. The Morgan fingerprint density at radius 2 is 1.47 bits per heavy atom. The summed E-state index contributed by atoms with van der Waals surface area (Å²) in [4.78, 5) is 11.3. The average molecular weight is 522 g/mol. The van der Waals surface area contributed by atoms with Gasteiger partial charge in [-0.2, -0.15) is 5.26 Å². The van der Waals surface area contributed by atoms with E-state index >= 15 is 0 Å². The molecule has 3 aromatic carbocycles. The van der Waals surface area contributed by atoms with Crippen LogP contribution in [-0.4, -0.2) is 43.2 Å². The highest BCUT2D eigenvalue weighted by Crippen LogP contribution is 2.40. The zero-order chi connectivity index (χ0) is 27.2. The first-order valence-electron chi connectivity index (χ1n) is 12.7. The van der Waals surface area contributed by atoms with E-state index in [-0.39, 0.29) is 5.04 Å². The zero-order valence-electron chi connectivity index (χ0n) is 22.7. The van der Waals surface area contributed by atoms with Gasteiger partial charge in [0.15, 0.2) is 11.9 Å². The van der Waals surface area contributed by atoms with Crippen LogP contribution in [0.5, 0.6) is 0 Å². The number of nitrogens with zero attached hydrogens (tertiary/aromatic N) is 5. The first-order valence-corrected chi connectivity index (χ1v) is 14.6. The van der Waals surface area contributed by atoms with E-state index in [1.807, 2.05) is 78.2 Å². The van der Waals surface area contributed by atoms with E-state index < -0.39 is 14.4 Å². The van der Waals surface area contributed by atoms with Crippen LogP contribution in [0.2, 0.25) is 5.04 Å². The Bertz CT molecular complexity index is 1350. The summed E-state index contributed by atoms with van der Waals surface area (Å²) in [6, 6.07) is 33.3. The van der Waals surface area contributed by atoms with Crippen LogP contribution < -0.4 is 10.4 Å². The number of nitriles is 1. The summed E-state index contributed by atoms with van der Waals surface area (Å²) in [5.74, 6) is 0.618. The lowest BCUT2D eigenvalue weighted by molar-refractivity contribution is 0.241. The fourth-order valence-electron chi connectivity index (χ4n) is 4.79. The van der Waals surface area contributed by atoms with Crippen LogP contribution in [0, 0.1) is 11.3 Å². The molecule has 0 saturated carbocycles. The largest absolute Gasteiger partial charge is 0.387 e. The summed E-state index contributed by atoms with van der Waals surface area (Å²) in [6.07, 6.45) is 2.58. The molecule has 1 aromatic heterocycles. The van der Waals surface area contributed by atoms with Gasteiger partial charge in [0.1, 0.15) is 11.8 Å². The van der Waals surface area contributed by atoms with Crippen molar-refractivity contribution in [3.63, 3.8) is 0 Å². The molecule has 0 spiro atoms. The van der Waals surface area contributed by atoms with Crippen LogP contribution in [-0.2, 0) is 11.0 Å². The van der Waals surface area contributed by atoms with Crippen LogP contribution in [0.25, 0.3) is 0 Å². The van der Waals surface area contributed by atoms with Crippen molar-refractivity contribution in [2.45, 2.75) is 38.5 Å². The molecule has 0 unspecified atom stereocenters. The molecule has 4 rings (SSSR count). The molecule has 0 aliphatic heterocycles. The fourth-order valence-corrected chi connectivity index (χ4v) is 9.33. The number of hydrogen-bond donors (Lipinski definition) is 0. The molecule has 4 aromatic rings. The lowest BCUT2D eigenvalue weighted by atomic mass is 10.2. The van der Waals surface area contributed by atoms with E-state index in [1.54, 1.807) is 12.7 Å². The number of hydrogen-bond acceptors (Lipinski definition) is 4. The Kier molecular flexibility index (Phi) is 8.25. The SMILES string of the molecule is CN(C)/C=N/c1c([C@@H](C#N)O[Si](c2ccccc2)(c2ccccc2)C(C)(C)C)ncn1Cc1ccccc1. The molecule has 0 N–H and O–H groups in total. The van der Waals surface area contributed by atoms with Gasteiger partial charge in [0, 0.05) is 14.1 Å². The van der Waals surface area contributed by atoms with Gasteiger partial charge in [-0.05, 0) is 21.0 Å². The maximum Gasteiger partial charge on any atom is 0.263 e. The zero-order valence-corrected chi connectivity index (χ0v) is 23.7. The van der Waals surface area contributed by atoms with Crippen molar-refractivity contribution in [1.29, 1.82) is 5.26 Å². The molecule has 7 heteroatoms. The van der Waals surface area contributed by atoms with E-state index in [0.717, 1.165) is 15.9 Å². The highest BCUT2D eigenvalue weighted by molar-refractivity contribution is 6.99. The normalized spacial score (nSPS) is 12.8. The summed E-state index contributed by atoms with van der Waals surface area (Å²) in [5, 5.41) is 12.5. The Morgan fingerprint density at radius 3 is 1.95 bits per heavy atom. The molecule has 194 valence electrons. The van der Waals surface area contributed by atoms with Gasteiger partial charge in [-0.15, -0.1) is 0 Å². The molecule has 0 aliphatic carbocycles. The van der Waals surface area contributed by atoms with Crippen LogP contribution in [0.1, 0.15) is 38.1 Å². The molecule has 0 aliphatic rings. The van der Waals surface area contributed by atoms with Gasteiger partial charge in [-0.3, -0.25) is 0 Å². The van der Waals surface area contributed by atoms with E-state index in [0.29, 0.717) is 18.1 Å². The quantitative estimate of drug-likeness (QED) is 0.170. The number of aromatic nitrogens is 2. The maximum absolute atomic E-state index is 10.5. The van der Waals surface area contributed by atoms with E-state index in [2.05, 4.69) is 63.2 Å². The Hall–Kier alpha value is -3.99. The van der Waals surface area contributed by atoms with Crippen molar-refractivity contribution >= 4 is 30.8 Å². The number of imidazole rings is 1. The predicted octanol–water partition coefficient (Wildman–Crippen LogP) is 5.29. The summed E-state index contributed by atoms with van der Waals surface area (Å²) in [5.41, 5.74) is 1.65. The second-order valence-corrected chi connectivity index (χ2v) is 14.8. The fraction of sp³-hybridized carbons (Fsp3) is 0.258. The molecule has 0 amide bonds. The van der Waals surface area contributed by atoms with E-state index in [9.17, 15) is 5.26 Å². The summed E-state index contributed by atoms with van der Waals surface area (Å²) >= 11 is 0. The highest BCUT2D eigenvalue weighted by atomic mass is 28.4. The van der Waals surface area contributed by atoms with Crippen molar-refractivity contribution < 1.29 is 4.43 Å². The molecule has 0 fully saturated rings. The third-order valence-electron chi connectivity index (χ3n) is 6.52. The summed E-state index contributed by atoms with van der Waals surface area (Å²) < 4.78 is 9.11. The van der Waals surface area contributed by atoms with Crippen molar-refractivity contribution in [2.75, 3.05) is 14.1 Å². The Morgan fingerprint density at radius 1 is 0.947 bits per heavy atom. The lowest BCUT2D eigenvalue weighted by Crippen LogP contribution is -2.66. The van der Waals surface area contributed by atoms with Crippen molar-refractivity contribution in [3.8, 4) is 6.07 Å². The topological polar surface area (TPSA) is 66.4 Å². The monoisotopic (exact) mass is 521 g/mol. The van der Waals surface area contributed by atoms with Crippen LogP contribution >= 0.6 is 0 Å². The molecule has 1 atom stereocenters. The Balaban J connectivity index is 1.86. The smallest absolute Gasteiger partial charge is 0.263 e. The number of benzene rings is 3. The van der Waals surface area contributed by atoms with Gasteiger partial charge in [0.25, 0.3) is 8.32 Å².